The molecule has 1 aliphatic rings. The Morgan fingerprint density at radius 3 is 2.52 bits per heavy atom. The van der Waals surface area contributed by atoms with Crippen molar-refractivity contribution in [1.82, 2.24) is 15.1 Å². The Morgan fingerprint density at radius 2 is 1.67 bits per heavy atom. The Morgan fingerprint density at radius 1 is 0.879 bits per heavy atom. The second-order valence-electron chi connectivity index (χ2n) is 9.01. The average Bonchev–Trinajstić information content (AvgIpc) is 3.33. The summed E-state index contributed by atoms with van der Waals surface area (Å²) in [7, 11) is 1.72. The van der Waals surface area contributed by atoms with Crippen molar-refractivity contribution in [1.29, 1.82) is 0 Å². The Balaban J connectivity index is 1.42. The number of fused-ring (bicyclic) bond motifs is 1. The molecule has 0 amide bonds. The van der Waals surface area contributed by atoms with Gasteiger partial charge in [0.2, 0.25) is 0 Å². The van der Waals surface area contributed by atoms with Gasteiger partial charge in [0.05, 0.1) is 18.8 Å². The fourth-order valence-corrected chi connectivity index (χ4v) is 4.76. The van der Waals surface area contributed by atoms with Crippen molar-refractivity contribution >= 4 is 16.6 Å². The summed E-state index contributed by atoms with van der Waals surface area (Å²) in [6.07, 6.45) is 5.87. The lowest BCUT2D eigenvalue weighted by atomic mass is 10.1. The zero-order chi connectivity index (χ0) is 22.5. The highest BCUT2D eigenvalue weighted by Crippen LogP contribution is 2.25. The number of anilines is 1. The van der Waals surface area contributed by atoms with Crippen molar-refractivity contribution in [3.05, 3.63) is 89.6 Å². The third-order valence-corrected chi connectivity index (χ3v) is 6.52. The van der Waals surface area contributed by atoms with E-state index < -0.39 is 0 Å². The van der Waals surface area contributed by atoms with Crippen LogP contribution in [-0.4, -0.2) is 35.3 Å². The molecular weight excluding hydrogens is 408 g/mol. The van der Waals surface area contributed by atoms with E-state index in [-0.39, 0.29) is 0 Å². The van der Waals surface area contributed by atoms with Gasteiger partial charge >= 0.3 is 0 Å². The van der Waals surface area contributed by atoms with Crippen molar-refractivity contribution in [2.75, 3.05) is 25.1 Å². The maximum Gasteiger partial charge on any atom is 0.119 e. The first-order chi connectivity index (χ1) is 16.3. The average molecular weight is 441 g/mol. The van der Waals surface area contributed by atoms with E-state index in [0.717, 1.165) is 36.3 Å². The lowest BCUT2D eigenvalue weighted by Crippen LogP contribution is -2.29. The van der Waals surface area contributed by atoms with Gasteiger partial charge in [0, 0.05) is 30.7 Å². The lowest BCUT2D eigenvalue weighted by Gasteiger charge is -2.28. The Hall–Kier alpha value is -3.31. The number of nitrogens with zero attached hydrogens (tertiary/aromatic N) is 3. The zero-order valence-electron chi connectivity index (χ0n) is 19.3. The van der Waals surface area contributed by atoms with E-state index in [1.807, 2.05) is 12.3 Å². The van der Waals surface area contributed by atoms with E-state index in [9.17, 15) is 0 Å². The standard InChI is InChI=1S/C28H32N4O/c1-33-27-10-6-8-23(16-27)20-32(21-24-11-12-25-18-29-30-28(25)17-24)26-9-5-7-22(15-26)19-31-13-3-2-4-14-31/h5-12,15-18H,2-4,13-14,19-21H2,1H3,(H,29,30). The van der Waals surface area contributed by atoms with E-state index in [1.54, 1.807) is 7.11 Å². The summed E-state index contributed by atoms with van der Waals surface area (Å²) in [4.78, 5) is 5.03. The highest BCUT2D eigenvalue weighted by atomic mass is 16.5. The van der Waals surface area contributed by atoms with E-state index >= 15 is 0 Å². The number of benzene rings is 3. The fourth-order valence-electron chi connectivity index (χ4n) is 4.76. The molecule has 0 bridgehead atoms. The van der Waals surface area contributed by atoms with Crippen LogP contribution in [0.5, 0.6) is 5.75 Å². The van der Waals surface area contributed by atoms with Crippen LogP contribution < -0.4 is 9.64 Å². The fraction of sp³-hybridized carbons (Fsp3) is 0.321. The molecule has 5 rings (SSSR count). The minimum absolute atomic E-state index is 0.811. The molecule has 0 radical (unpaired) electrons. The summed E-state index contributed by atoms with van der Waals surface area (Å²) < 4.78 is 5.47. The predicted octanol–water partition coefficient (Wildman–Crippen LogP) is 5.76. The van der Waals surface area contributed by atoms with Gasteiger partial charge in [0.15, 0.2) is 0 Å². The number of aromatic amines is 1. The van der Waals surface area contributed by atoms with Crippen LogP contribution in [0.3, 0.4) is 0 Å². The zero-order valence-corrected chi connectivity index (χ0v) is 19.3. The summed E-state index contributed by atoms with van der Waals surface area (Å²) in [6, 6.07) is 24.0. The molecule has 1 aromatic heterocycles. The Labute approximate surface area is 196 Å². The summed E-state index contributed by atoms with van der Waals surface area (Å²) in [6.45, 7) is 5.08. The highest BCUT2D eigenvalue weighted by molar-refractivity contribution is 5.78. The van der Waals surface area contributed by atoms with Crippen LogP contribution in [0.1, 0.15) is 36.0 Å². The second kappa shape index (κ2) is 10.1. The SMILES string of the molecule is COc1cccc(CN(Cc2ccc3cn[nH]c3c2)c2cccc(CN3CCCCC3)c2)c1. The van der Waals surface area contributed by atoms with Gasteiger partial charge in [-0.2, -0.15) is 5.10 Å². The first-order valence-corrected chi connectivity index (χ1v) is 11.9. The van der Waals surface area contributed by atoms with E-state index in [4.69, 9.17) is 4.74 Å². The molecule has 0 atom stereocenters. The molecule has 0 unspecified atom stereocenters. The summed E-state index contributed by atoms with van der Waals surface area (Å²) in [5, 5.41) is 8.42. The van der Waals surface area contributed by atoms with Crippen LogP contribution in [0.15, 0.2) is 72.9 Å². The topological polar surface area (TPSA) is 44.4 Å². The lowest BCUT2D eigenvalue weighted by molar-refractivity contribution is 0.221. The molecule has 5 heteroatoms. The molecule has 2 heterocycles. The van der Waals surface area contributed by atoms with Crippen LogP contribution in [0, 0.1) is 0 Å². The van der Waals surface area contributed by atoms with E-state index in [0.29, 0.717) is 0 Å². The van der Waals surface area contributed by atoms with Gasteiger partial charge in [-0.05, 0) is 73.0 Å². The molecule has 1 N–H and O–H groups in total. The van der Waals surface area contributed by atoms with Crippen molar-refractivity contribution in [2.45, 2.75) is 38.9 Å². The first kappa shape index (κ1) is 21.5. The summed E-state index contributed by atoms with van der Waals surface area (Å²) >= 11 is 0. The molecule has 0 saturated carbocycles. The first-order valence-electron chi connectivity index (χ1n) is 11.9. The highest BCUT2D eigenvalue weighted by Gasteiger charge is 2.14. The summed E-state index contributed by atoms with van der Waals surface area (Å²) in [5.74, 6) is 0.894. The number of aromatic nitrogens is 2. The van der Waals surface area contributed by atoms with Gasteiger partial charge < -0.3 is 9.64 Å². The van der Waals surface area contributed by atoms with Gasteiger partial charge in [-0.1, -0.05) is 42.8 Å². The number of H-pyrrole nitrogens is 1. The molecular formula is C28H32N4O. The Kier molecular flexibility index (Phi) is 6.58. The third-order valence-electron chi connectivity index (χ3n) is 6.52. The van der Waals surface area contributed by atoms with E-state index in [2.05, 4.69) is 80.7 Å². The number of rotatable bonds is 8. The molecule has 1 saturated heterocycles. The number of ether oxygens (including phenoxy) is 1. The summed E-state index contributed by atoms with van der Waals surface area (Å²) in [5.41, 5.74) is 6.20. The smallest absolute Gasteiger partial charge is 0.119 e. The van der Waals surface area contributed by atoms with Crippen LogP contribution >= 0.6 is 0 Å². The van der Waals surface area contributed by atoms with Gasteiger partial charge in [-0.15, -0.1) is 0 Å². The Bertz CT molecular complexity index is 1200. The minimum Gasteiger partial charge on any atom is -0.497 e. The van der Waals surface area contributed by atoms with Crippen LogP contribution in [-0.2, 0) is 19.6 Å². The minimum atomic E-state index is 0.811. The van der Waals surface area contributed by atoms with Crippen molar-refractivity contribution < 1.29 is 4.74 Å². The second-order valence-corrected chi connectivity index (χ2v) is 9.01. The maximum absolute atomic E-state index is 5.47. The monoisotopic (exact) mass is 440 g/mol. The van der Waals surface area contributed by atoms with E-state index in [1.165, 1.54) is 54.7 Å². The van der Waals surface area contributed by atoms with Crippen LogP contribution in [0.25, 0.3) is 10.9 Å². The number of piperidine rings is 1. The molecule has 170 valence electrons. The van der Waals surface area contributed by atoms with Gasteiger partial charge in [-0.3, -0.25) is 10.00 Å². The van der Waals surface area contributed by atoms with Crippen LogP contribution in [0.2, 0.25) is 0 Å². The third kappa shape index (κ3) is 5.37. The number of nitrogens with one attached hydrogen (secondary N) is 1. The van der Waals surface area contributed by atoms with Gasteiger partial charge in [0.1, 0.15) is 5.75 Å². The molecule has 4 aromatic rings. The number of hydrogen-bond donors (Lipinski definition) is 1. The van der Waals surface area contributed by atoms with Gasteiger partial charge in [0.25, 0.3) is 0 Å². The number of hydrogen-bond acceptors (Lipinski definition) is 4. The molecule has 3 aromatic carbocycles. The number of likely N-dealkylation sites (tertiary alicyclic amines) is 1. The molecule has 33 heavy (non-hydrogen) atoms. The van der Waals surface area contributed by atoms with Gasteiger partial charge in [-0.25, -0.2) is 0 Å². The normalized spacial score (nSPS) is 14.5. The molecule has 1 aliphatic heterocycles. The quantitative estimate of drug-likeness (QED) is 0.378. The van der Waals surface area contributed by atoms with Crippen LogP contribution in [0.4, 0.5) is 5.69 Å². The maximum atomic E-state index is 5.47. The van der Waals surface area contributed by atoms with Crippen molar-refractivity contribution in [2.24, 2.45) is 0 Å². The largest absolute Gasteiger partial charge is 0.497 e. The molecule has 1 fully saturated rings. The predicted molar refractivity (Wildman–Crippen MR) is 135 cm³/mol. The molecule has 0 spiro atoms. The molecule has 5 nitrogen and oxygen atoms in total. The molecule has 0 aliphatic carbocycles. The number of methoxy groups -OCH3 is 1. The van der Waals surface area contributed by atoms with Crippen molar-refractivity contribution in [3.63, 3.8) is 0 Å². The van der Waals surface area contributed by atoms with Crippen molar-refractivity contribution in [3.8, 4) is 5.75 Å².